The Kier molecular flexibility index (Phi) is 5.06. The molecule has 1 atom stereocenters. The molecule has 7 nitrogen and oxygen atoms in total. The molecule has 1 unspecified atom stereocenters. The molecule has 0 saturated carbocycles. The van der Waals surface area contributed by atoms with Crippen LogP contribution in [0.2, 0.25) is 0 Å². The maximum Gasteiger partial charge on any atom is 0.227 e. The Balaban J connectivity index is 1.43. The van der Waals surface area contributed by atoms with Gasteiger partial charge >= 0.3 is 0 Å². The fourth-order valence-corrected chi connectivity index (χ4v) is 3.60. The normalized spacial score (nSPS) is 20.8. The van der Waals surface area contributed by atoms with Crippen molar-refractivity contribution in [1.29, 1.82) is 0 Å². The predicted molar refractivity (Wildman–Crippen MR) is 97.6 cm³/mol. The van der Waals surface area contributed by atoms with E-state index in [1.54, 1.807) is 12.4 Å². The maximum absolute atomic E-state index is 12.8. The van der Waals surface area contributed by atoms with E-state index in [1.807, 2.05) is 29.2 Å². The average molecular weight is 353 g/mol. The highest BCUT2D eigenvalue weighted by molar-refractivity contribution is 5.80. The van der Waals surface area contributed by atoms with Crippen molar-refractivity contribution in [3.8, 4) is 11.3 Å². The van der Waals surface area contributed by atoms with Crippen molar-refractivity contribution in [2.45, 2.75) is 12.8 Å². The Hall–Kier alpha value is -2.54. The lowest BCUT2D eigenvalue weighted by Gasteiger charge is -2.36. The number of amides is 1. The van der Waals surface area contributed by atoms with Crippen LogP contribution in [0.25, 0.3) is 11.3 Å². The summed E-state index contributed by atoms with van der Waals surface area (Å²) in [6.45, 7) is 4.31. The third-order valence-corrected chi connectivity index (χ3v) is 5.04. The Morgan fingerprint density at radius 1 is 1.04 bits per heavy atom. The topological polar surface area (TPSA) is 71.5 Å². The summed E-state index contributed by atoms with van der Waals surface area (Å²) in [5.41, 5.74) is 1.83. The van der Waals surface area contributed by atoms with E-state index in [0.717, 1.165) is 36.5 Å². The lowest BCUT2D eigenvalue weighted by Crippen LogP contribution is -2.48. The predicted octanol–water partition coefficient (Wildman–Crippen LogP) is 1.61. The van der Waals surface area contributed by atoms with E-state index in [0.29, 0.717) is 32.8 Å². The van der Waals surface area contributed by atoms with E-state index in [-0.39, 0.29) is 11.8 Å². The van der Waals surface area contributed by atoms with E-state index in [2.05, 4.69) is 20.1 Å². The molecule has 2 saturated heterocycles. The molecule has 0 aliphatic carbocycles. The Morgan fingerprint density at radius 2 is 1.85 bits per heavy atom. The van der Waals surface area contributed by atoms with Crippen LogP contribution in [0, 0.1) is 5.92 Å². The smallest absolute Gasteiger partial charge is 0.227 e. The summed E-state index contributed by atoms with van der Waals surface area (Å²) >= 11 is 0. The first kappa shape index (κ1) is 16.9. The van der Waals surface area contributed by atoms with Gasteiger partial charge < -0.3 is 14.5 Å². The van der Waals surface area contributed by atoms with Gasteiger partial charge in [0.2, 0.25) is 5.91 Å². The molecule has 0 bridgehead atoms. The van der Waals surface area contributed by atoms with E-state index < -0.39 is 0 Å². The van der Waals surface area contributed by atoms with Gasteiger partial charge in [0.15, 0.2) is 5.82 Å². The molecule has 0 aromatic carbocycles. The highest BCUT2D eigenvalue weighted by Gasteiger charge is 2.30. The molecule has 136 valence electrons. The molecule has 4 rings (SSSR count). The second kappa shape index (κ2) is 7.78. The zero-order valence-electron chi connectivity index (χ0n) is 14.8. The first-order chi connectivity index (χ1) is 12.8. The maximum atomic E-state index is 12.8. The number of hydrogen-bond acceptors (Lipinski definition) is 6. The number of rotatable bonds is 3. The van der Waals surface area contributed by atoms with Gasteiger partial charge in [0.1, 0.15) is 0 Å². The van der Waals surface area contributed by atoms with Crippen molar-refractivity contribution in [2.24, 2.45) is 5.92 Å². The molecule has 2 aromatic rings. The molecule has 2 aliphatic heterocycles. The van der Waals surface area contributed by atoms with Gasteiger partial charge in [-0.3, -0.25) is 9.78 Å². The number of carbonyl (C=O) groups is 1. The van der Waals surface area contributed by atoms with Gasteiger partial charge in [-0.15, -0.1) is 10.2 Å². The minimum atomic E-state index is 0.0310. The van der Waals surface area contributed by atoms with Crippen LogP contribution in [0.15, 0.2) is 36.7 Å². The molecule has 2 aromatic heterocycles. The van der Waals surface area contributed by atoms with Gasteiger partial charge in [-0.1, -0.05) is 0 Å². The third-order valence-electron chi connectivity index (χ3n) is 5.04. The van der Waals surface area contributed by atoms with Gasteiger partial charge in [0.25, 0.3) is 0 Å². The van der Waals surface area contributed by atoms with Gasteiger partial charge in [-0.05, 0) is 37.1 Å². The largest absolute Gasteiger partial charge is 0.378 e. The zero-order chi connectivity index (χ0) is 17.8. The van der Waals surface area contributed by atoms with Crippen molar-refractivity contribution < 1.29 is 9.53 Å². The van der Waals surface area contributed by atoms with Crippen molar-refractivity contribution >= 4 is 11.7 Å². The number of piperidine rings is 1. The fourth-order valence-electron chi connectivity index (χ4n) is 3.60. The first-order valence-corrected chi connectivity index (χ1v) is 9.17. The summed E-state index contributed by atoms with van der Waals surface area (Å²) in [6.07, 6.45) is 5.43. The molecule has 0 radical (unpaired) electrons. The number of pyridine rings is 1. The van der Waals surface area contributed by atoms with Crippen LogP contribution in [0.4, 0.5) is 5.82 Å². The molecule has 2 aliphatic rings. The van der Waals surface area contributed by atoms with Crippen molar-refractivity contribution in [3.05, 3.63) is 36.7 Å². The molecule has 2 fully saturated rings. The van der Waals surface area contributed by atoms with Gasteiger partial charge in [0.05, 0.1) is 24.8 Å². The molecule has 0 spiro atoms. The van der Waals surface area contributed by atoms with Gasteiger partial charge in [-0.25, -0.2) is 0 Å². The monoisotopic (exact) mass is 353 g/mol. The SMILES string of the molecule is O=C(C1CCCN(c2ccc(-c3ccncc3)nn2)C1)N1CCOCC1. The fraction of sp³-hybridized carbons (Fsp3) is 0.474. The second-order valence-corrected chi connectivity index (χ2v) is 6.74. The van der Waals surface area contributed by atoms with Gasteiger partial charge in [0, 0.05) is 44.1 Å². The second-order valence-electron chi connectivity index (χ2n) is 6.74. The summed E-state index contributed by atoms with van der Waals surface area (Å²) in [5, 5.41) is 8.75. The number of nitrogens with zero attached hydrogens (tertiary/aromatic N) is 5. The highest BCUT2D eigenvalue weighted by Crippen LogP contribution is 2.24. The number of ether oxygens (including phenoxy) is 1. The van der Waals surface area contributed by atoms with Crippen molar-refractivity contribution in [2.75, 3.05) is 44.3 Å². The Morgan fingerprint density at radius 3 is 2.58 bits per heavy atom. The lowest BCUT2D eigenvalue weighted by molar-refractivity contribution is -0.139. The minimum absolute atomic E-state index is 0.0310. The molecule has 0 N–H and O–H groups in total. The van der Waals surface area contributed by atoms with Crippen molar-refractivity contribution in [1.82, 2.24) is 20.1 Å². The average Bonchev–Trinajstić information content (AvgIpc) is 2.75. The number of aromatic nitrogens is 3. The highest BCUT2D eigenvalue weighted by atomic mass is 16.5. The molecule has 1 amide bonds. The van der Waals surface area contributed by atoms with Crippen LogP contribution in [0.1, 0.15) is 12.8 Å². The lowest BCUT2D eigenvalue weighted by atomic mass is 9.96. The zero-order valence-corrected chi connectivity index (χ0v) is 14.8. The van der Waals surface area contributed by atoms with E-state index in [4.69, 9.17) is 4.74 Å². The van der Waals surface area contributed by atoms with Crippen LogP contribution in [-0.4, -0.2) is 65.4 Å². The summed E-state index contributed by atoms with van der Waals surface area (Å²) in [6, 6.07) is 7.80. The number of morpholine rings is 1. The summed E-state index contributed by atoms with van der Waals surface area (Å²) in [5.74, 6) is 1.12. The third kappa shape index (κ3) is 3.67. The van der Waals surface area contributed by atoms with Crippen molar-refractivity contribution in [3.63, 3.8) is 0 Å². The molecular formula is C19H23N5O2. The molecular weight excluding hydrogens is 330 g/mol. The van der Waals surface area contributed by atoms with E-state index >= 15 is 0 Å². The van der Waals surface area contributed by atoms with E-state index in [1.165, 1.54) is 0 Å². The van der Waals surface area contributed by atoms with Crippen LogP contribution in [0.3, 0.4) is 0 Å². The Labute approximate surface area is 153 Å². The molecule has 7 heteroatoms. The first-order valence-electron chi connectivity index (χ1n) is 9.17. The van der Waals surface area contributed by atoms with Crippen LogP contribution in [-0.2, 0) is 9.53 Å². The summed E-state index contributed by atoms with van der Waals surface area (Å²) in [7, 11) is 0. The summed E-state index contributed by atoms with van der Waals surface area (Å²) < 4.78 is 5.35. The van der Waals surface area contributed by atoms with Crippen LogP contribution >= 0.6 is 0 Å². The standard InChI is InChI=1S/C19H23N5O2/c25-19(23-10-12-26-13-11-23)16-2-1-9-24(14-16)18-4-3-17(21-22-18)15-5-7-20-8-6-15/h3-8,16H,1-2,9-14H2. The molecule has 4 heterocycles. The number of hydrogen-bond donors (Lipinski definition) is 0. The van der Waals surface area contributed by atoms with Crippen LogP contribution < -0.4 is 4.90 Å². The van der Waals surface area contributed by atoms with Gasteiger partial charge in [-0.2, -0.15) is 0 Å². The number of anilines is 1. The number of carbonyl (C=O) groups excluding carboxylic acids is 1. The quantitative estimate of drug-likeness (QED) is 0.835. The molecule has 26 heavy (non-hydrogen) atoms. The van der Waals surface area contributed by atoms with Crippen LogP contribution in [0.5, 0.6) is 0 Å². The van der Waals surface area contributed by atoms with E-state index in [9.17, 15) is 4.79 Å². The summed E-state index contributed by atoms with van der Waals surface area (Å²) in [4.78, 5) is 20.9. The minimum Gasteiger partial charge on any atom is -0.378 e. The Bertz CT molecular complexity index is 731.